The second-order valence-corrected chi connectivity index (χ2v) is 14.9. The van der Waals surface area contributed by atoms with Gasteiger partial charge in [0.1, 0.15) is 6.33 Å². The molecule has 7 aromatic carbocycles. The summed E-state index contributed by atoms with van der Waals surface area (Å²) in [4.78, 5) is 19.6. The highest BCUT2D eigenvalue weighted by molar-refractivity contribution is 7.27. The number of hydrogen-bond donors (Lipinski definition) is 0. The second-order valence-electron chi connectivity index (χ2n) is 13.9. The van der Waals surface area contributed by atoms with E-state index < -0.39 is 0 Å². The Balaban J connectivity index is 1.18. The smallest absolute Gasteiger partial charge is 0.160 e. The largest absolute Gasteiger partial charge is 0.308 e. The van der Waals surface area contributed by atoms with Gasteiger partial charge in [0.2, 0.25) is 0 Å². The van der Waals surface area contributed by atoms with Crippen LogP contribution in [-0.2, 0) is 0 Å². The van der Waals surface area contributed by atoms with Crippen molar-refractivity contribution in [2.24, 2.45) is 0 Å². The zero-order chi connectivity index (χ0) is 36.0. The molecule has 0 radical (unpaired) electrons. The van der Waals surface area contributed by atoms with Gasteiger partial charge in [0.05, 0.1) is 43.5 Å². The van der Waals surface area contributed by atoms with E-state index in [-0.39, 0.29) is 0 Å². The first kappa shape index (κ1) is 30.3. The lowest BCUT2D eigenvalue weighted by molar-refractivity contribution is 1.17. The molecule has 0 amide bonds. The molecular weight excluding hydrogens is 693 g/mol. The van der Waals surface area contributed by atoms with Gasteiger partial charge in [-0.25, -0.2) is 19.9 Å². The SMILES string of the molecule is c1ccc(-c2nc(-c3ccc(-n4c5ccccc5c5c6sc7cncnc7c6c6c(c7ccccc7n6-c6ccccc6)c54)cc3)nc3ccccc23)cc1. The van der Waals surface area contributed by atoms with E-state index in [0.717, 1.165) is 71.3 Å². The average molecular weight is 721 g/mol. The van der Waals surface area contributed by atoms with Crippen molar-refractivity contribution < 1.29 is 0 Å². The van der Waals surface area contributed by atoms with Gasteiger partial charge >= 0.3 is 0 Å². The standard InChI is InChI=1S/C48H28N6S/c1-3-13-29(14-4-1)43-33-17-7-10-20-36(33)51-48(52-43)30-23-25-32(26-24-30)54-38-22-12-9-19-35(38)41-45(54)40-34-18-8-11-21-37(34)53(31-15-5-2-6-16-31)46(40)42-44-39(55-47(41)42)27-49-28-50-44/h1-28H. The summed E-state index contributed by atoms with van der Waals surface area (Å²) in [6, 6.07) is 55.6. The van der Waals surface area contributed by atoms with Gasteiger partial charge in [-0.2, -0.15) is 0 Å². The highest BCUT2D eigenvalue weighted by Gasteiger charge is 2.27. The molecular formula is C48H28N6S. The van der Waals surface area contributed by atoms with E-state index in [9.17, 15) is 0 Å². The van der Waals surface area contributed by atoms with Crippen molar-refractivity contribution >= 4 is 86.2 Å². The van der Waals surface area contributed by atoms with Crippen LogP contribution < -0.4 is 0 Å². The van der Waals surface area contributed by atoms with Gasteiger partial charge in [0, 0.05) is 65.7 Å². The molecule has 0 aliphatic heterocycles. The molecule has 6 nitrogen and oxygen atoms in total. The van der Waals surface area contributed by atoms with Crippen molar-refractivity contribution in [2.45, 2.75) is 0 Å². The van der Waals surface area contributed by atoms with E-state index in [1.807, 2.05) is 24.4 Å². The van der Waals surface area contributed by atoms with Crippen molar-refractivity contribution in [3.8, 4) is 34.0 Å². The zero-order valence-corrected chi connectivity index (χ0v) is 30.1. The molecule has 0 bridgehead atoms. The summed E-state index contributed by atoms with van der Waals surface area (Å²) in [6.07, 6.45) is 3.63. The fourth-order valence-electron chi connectivity index (χ4n) is 8.56. The summed E-state index contributed by atoms with van der Waals surface area (Å²) in [5.41, 5.74) is 11.7. The van der Waals surface area contributed by atoms with E-state index in [2.05, 4.69) is 154 Å². The van der Waals surface area contributed by atoms with Crippen LogP contribution in [-0.4, -0.2) is 29.1 Å². The first-order valence-corrected chi connectivity index (χ1v) is 19.1. The Kier molecular flexibility index (Phi) is 6.40. The summed E-state index contributed by atoms with van der Waals surface area (Å²) >= 11 is 1.78. The summed E-state index contributed by atoms with van der Waals surface area (Å²) < 4.78 is 7.16. The third-order valence-corrected chi connectivity index (χ3v) is 12.0. The normalized spacial score (nSPS) is 12.0. The molecule has 0 aliphatic rings. The van der Waals surface area contributed by atoms with Crippen LogP contribution in [0.4, 0.5) is 0 Å². The Hall–Kier alpha value is -7.22. The highest BCUT2D eigenvalue weighted by atomic mass is 32.1. The molecule has 12 aromatic rings. The van der Waals surface area contributed by atoms with Crippen LogP contribution in [0.3, 0.4) is 0 Å². The number of fused-ring (bicyclic) bond motifs is 13. The molecule has 12 rings (SSSR count). The van der Waals surface area contributed by atoms with Crippen molar-refractivity contribution in [3.63, 3.8) is 0 Å². The van der Waals surface area contributed by atoms with E-state index in [0.29, 0.717) is 5.82 Å². The maximum absolute atomic E-state index is 5.16. The molecule has 5 aromatic heterocycles. The molecule has 7 heteroatoms. The lowest BCUT2D eigenvalue weighted by Gasteiger charge is -2.13. The lowest BCUT2D eigenvalue weighted by atomic mass is 10.0. The molecule has 55 heavy (non-hydrogen) atoms. The van der Waals surface area contributed by atoms with Crippen LogP contribution >= 0.6 is 11.3 Å². The maximum Gasteiger partial charge on any atom is 0.160 e. The predicted molar refractivity (Wildman–Crippen MR) is 228 cm³/mol. The summed E-state index contributed by atoms with van der Waals surface area (Å²) in [5.74, 6) is 0.702. The van der Waals surface area contributed by atoms with Crippen molar-refractivity contribution in [2.75, 3.05) is 0 Å². The van der Waals surface area contributed by atoms with Crippen molar-refractivity contribution in [3.05, 3.63) is 170 Å². The Labute approximate surface area is 318 Å². The maximum atomic E-state index is 5.16. The Morgan fingerprint density at radius 3 is 1.82 bits per heavy atom. The minimum Gasteiger partial charge on any atom is -0.308 e. The molecule has 0 fully saturated rings. The second kappa shape index (κ2) is 11.6. The first-order valence-electron chi connectivity index (χ1n) is 18.3. The molecule has 0 spiro atoms. The van der Waals surface area contributed by atoms with Gasteiger partial charge in [-0.1, -0.05) is 103 Å². The number of rotatable bonds is 4. The van der Waals surface area contributed by atoms with Crippen LogP contribution in [0.5, 0.6) is 0 Å². The third-order valence-electron chi connectivity index (χ3n) is 10.9. The number of hydrogen-bond acceptors (Lipinski definition) is 5. The minimum absolute atomic E-state index is 0.702. The molecule has 0 aliphatic carbocycles. The molecule has 0 saturated carbocycles. The highest BCUT2D eigenvalue weighted by Crippen LogP contribution is 2.50. The molecule has 0 atom stereocenters. The van der Waals surface area contributed by atoms with E-state index in [1.165, 1.54) is 31.8 Å². The topological polar surface area (TPSA) is 61.4 Å². The Bertz CT molecular complexity index is 3470. The van der Waals surface area contributed by atoms with Gasteiger partial charge in [-0.05, 0) is 54.6 Å². The van der Waals surface area contributed by atoms with Crippen LogP contribution in [0.15, 0.2) is 170 Å². The van der Waals surface area contributed by atoms with Gasteiger partial charge in [0.25, 0.3) is 0 Å². The lowest BCUT2D eigenvalue weighted by Crippen LogP contribution is -1.97. The van der Waals surface area contributed by atoms with E-state index in [1.54, 1.807) is 17.7 Å². The predicted octanol–water partition coefficient (Wildman–Crippen LogP) is 12.3. The first-order chi connectivity index (χ1) is 27.3. The summed E-state index contributed by atoms with van der Waals surface area (Å²) in [5, 5.41) is 7.02. The average Bonchev–Trinajstić information content (AvgIpc) is 3.92. The van der Waals surface area contributed by atoms with Crippen molar-refractivity contribution in [1.29, 1.82) is 0 Å². The van der Waals surface area contributed by atoms with Gasteiger partial charge < -0.3 is 9.13 Å². The zero-order valence-electron chi connectivity index (χ0n) is 29.3. The Morgan fingerprint density at radius 2 is 1.07 bits per heavy atom. The van der Waals surface area contributed by atoms with Gasteiger partial charge in [-0.3, -0.25) is 0 Å². The fraction of sp³-hybridized carbons (Fsp3) is 0. The number of aromatic nitrogens is 6. The minimum atomic E-state index is 0.702. The molecule has 0 saturated heterocycles. The van der Waals surface area contributed by atoms with Gasteiger partial charge in [-0.15, -0.1) is 11.3 Å². The van der Waals surface area contributed by atoms with Crippen LogP contribution in [0.2, 0.25) is 0 Å². The third kappa shape index (κ3) is 4.35. The van der Waals surface area contributed by atoms with Crippen molar-refractivity contribution in [1.82, 2.24) is 29.1 Å². The fourth-order valence-corrected chi connectivity index (χ4v) is 9.75. The molecule has 0 N–H and O–H groups in total. The molecule has 0 unspecified atom stereocenters. The van der Waals surface area contributed by atoms with Crippen LogP contribution in [0.25, 0.3) is 109 Å². The Morgan fingerprint density at radius 1 is 0.473 bits per heavy atom. The van der Waals surface area contributed by atoms with E-state index >= 15 is 0 Å². The molecule has 256 valence electrons. The molecule has 5 heterocycles. The summed E-state index contributed by atoms with van der Waals surface area (Å²) in [7, 11) is 0. The van der Waals surface area contributed by atoms with Gasteiger partial charge in [0.15, 0.2) is 5.82 Å². The number of benzene rings is 7. The monoisotopic (exact) mass is 720 g/mol. The summed E-state index contributed by atoms with van der Waals surface area (Å²) in [6.45, 7) is 0. The van der Waals surface area contributed by atoms with Crippen LogP contribution in [0, 0.1) is 0 Å². The van der Waals surface area contributed by atoms with Crippen LogP contribution in [0.1, 0.15) is 0 Å². The number of para-hydroxylation sites is 4. The number of thiophene rings is 1. The quantitative estimate of drug-likeness (QED) is 0.182. The number of nitrogens with zero attached hydrogens (tertiary/aromatic N) is 6. The van der Waals surface area contributed by atoms with E-state index in [4.69, 9.17) is 15.0 Å².